The third kappa shape index (κ3) is 2.89. The Hall–Kier alpha value is -2.71. The normalized spacial score (nSPS) is 12.0. The van der Waals surface area contributed by atoms with E-state index >= 15 is 0 Å². The summed E-state index contributed by atoms with van der Waals surface area (Å²) in [7, 11) is -3.85. The number of sulfonamides is 1. The fraction of sp³-hybridized carbons (Fsp3) is 0.211. The smallest absolute Gasteiger partial charge is 0.265 e. The maximum atomic E-state index is 13.3. The lowest BCUT2D eigenvalue weighted by molar-refractivity contribution is 0.591. The Bertz CT molecular complexity index is 1270. The lowest BCUT2D eigenvalue weighted by atomic mass is 10.3. The Morgan fingerprint density at radius 3 is 2.43 bits per heavy atom. The number of hydrogen-bond donors (Lipinski definition) is 0. The van der Waals surface area contributed by atoms with Gasteiger partial charge in [-0.2, -0.15) is 0 Å². The maximum absolute atomic E-state index is 13.3. The lowest BCUT2D eigenvalue weighted by Gasteiger charge is -2.22. The molecule has 0 unspecified atom stereocenters. The molecule has 4 rings (SSSR count). The first-order valence-corrected chi connectivity index (χ1v) is 10.7. The SMILES string of the molecule is CCc1nnc2c(N(CC)S(=O)(=O)c3ccc(Cl)cc3)nc3ccccc3n12. The zero-order chi connectivity index (χ0) is 19.9. The molecule has 0 spiro atoms. The fourth-order valence-corrected chi connectivity index (χ4v) is 4.74. The molecular formula is C19H18ClN5O2S. The lowest BCUT2D eigenvalue weighted by Crippen LogP contribution is -2.32. The molecule has 2 heterocycles. The minimum absolute atomic E-state index is 0.141. The Labute approximate surface area is 167 Å². The van der Waals surface area contributed by atoms with Crippen LogP contribution in [0.4, 0.5) is 5.82 Å². The molecule has 7 nitrogen and oxygen atoms in total. The first kappa shape index (κ1) is 18.6. The number of aryl methyl sites for hydroxylation is 1. The van der Waals surface area contributed by atoms with E-state index in [1.807, 2.05) is 35.6 Å². The topological polar surface area (TPSA) is 80.5 Å². The van der Waals surface area contributed by atoms with E-state index in [4.69, 9.17) is 11.6 Å². The van der Waals surface area contributed by atoms with E-state index in [1.165, 1.54) is 16.4 Å². The van der Waals surface area contributed by atoms with Crippen molar-refractivity contribution in [2.75, 3.05) is 10.8 Å². The second kappa shape index (κ2) is 7.03. The highest BCUT2D eigenvalue weighted by Crippen LogP contribution is 2.29. The predicted molar refractivity (Wildman–Crippen MR) is 109 cm³/mol. The molecule has 0 aliphatic carbocycles. The molecule has 144 valence electrons. The predicted octanol–water partition coefficient (Wildman–Crippen LogP) is 3.71. The van der Waals surface area contributed by atoms with Gasteiger partial charge in [0.05, 0.1) is 15.9 Å². The first-order valence-electron chi connectivity index (χ1n) is 8.88. The fourth-order valence-electron chi connectivity index (χ4n) is 3.19. The largest absolute Gasteiger partial charge is 0.274 e. The van der Waals surface area contributed by atoms with Gasteiger partial charge < -0.3 is 0 Å². The van der Waals surface area contributed by atoms with Crippen LogP contribution in [0.3, 0.4) is 0 Å². The van der Waals surface area contributed by atoms with Crippen LogP contribution in [0.1, 0.15) is 19.7 Å². The van der Waals surface area contributed by atoms with Gasteiger partial charge in [0, 0.05) is 18.0 Å². The van der Waals surface area contributed by atoms with Crippen molar-refractivity contribution in [3.05, 3.63) is 59.4 Å². The third-order valence-corrected chi connectivity index (χ3v) is 6.65. The van der Waals surface area contributed by atoms with Crippen molar-refractivity contribution in [3.63, 3.8) is 0 Å². The van der Waals surface area contributed by atoms with Crippen LogP contribution in [0.15, 0.2) is 53.4 Å². The van der Waals surface area contributed by atoms with E-state index in [2.05, 4.69) is 15.2 Å². The highest BCUT2D eigenvalue weighted by atomic mass is 35.5. The average molecular weight is 416 g/mol. The summed E-state index contributed by atoms with van der Waals surface area (Å²) in [5.74, 6) is 0.998. The zero-order valence-electron chi connectivity index (χ0n) is 15.4. The van der Waals surface area contributed by atoms with Crippen LogP contribution in [0.2, 0.25) is 5.02 Å². The van der Waals surface area contributed by atoms with Crippen molar-refractivity contribution in [3.8, 4) is 0 Å². The van der Waals surface area contributed by atoms with Gasteiger partial charge in [-0.25, -0.2) is 17.7 Å². The minimum atomic E-state index is -3.85. The van der Waals surface area contributed by atoms with Gasteiger partial charge in [-0.15, -0.1) is 10.2 Å². The van der Waals surface area contributed by atoms with Gasteiger partial charge in [0.2, 0.25) is 5.65 Å². The van der Waals surface area contributed by atoms with Gasteiger partial charge in [0.15, 0.2) is 5.82 Å². The zero-order valence-corrected chi connectivity index (χ0v) is 16.9. The van der Waals surface area contributed by atoms with Crippen molar-refractivity contribution >= 4 is 44.1 Å². The summed E-state index contributed by atoms with van der Waals surface area (Å²) in [4.78, 5) is 4.77. The molecule has 0 bridgehead atoms. The molecule has 0 amide bonds. The molecule has 0 aliphatic heterocycles. The molecule has 4 aromatic rings. The van der Waals surface area contributed by atoms with Crippen LogP contribution < -0.4 is 4.31 Å². The van der Waals surface area contributed by atoms with E-state index < -0.39 is 10.0 Å². The Kier molecular flexibility index (Phi) is 4.68. The van der Waals surface area contributed by atoms with Gasteiger partial charge in [-0.05, 0) is 43.3 Å². The van der Waals surface area contributed by atoms with Crippen LogP contribution in [-0.2, 0) is 16.4 Å². The van der Waals surface area contributed by atoms with Gasteiger partial charge in [0.25, 0.3) is 10.0 Å². The Morgan fingerprint density at radius 2 is 1.75 bits per heavy atom. The van der Waals surface area contributed by atoms with Crippen LogP contribution in [-0.4, -0.2) is 34.5 Å². The molecule has 2 aromatic carbocycles. The highest BCUT2D eigenvalue weighted by molar-refractivity contribution is 7.92. The molecular weight excluding hydrogens is 398 g/mol. The highest BCUT2D eigenvalue weighted by Gasteiger charge is 2.28. The summed E-state index contributed by atoms with van der Waals surface area (Å²) in [6.07, 6.45) is 0.657. The van der Waals surface area contributed by atoms with Crippen molar-refractivity contribution in [2.24, 2.45) is 0 Å². The second-order valence-electron chi connectivity index (χ2n) is 6.18. The van der Waals surface area contributed by atoms with Crippen molar-refractivity contribution in [1.29, 1.82) is 0 Å². The molecule has 0 aliphatic rings. The Morgan fingerprint density at radius 1 is 1.04 bits per heavy atom. The maximum Gasteiger partial charge on any atom is 0.265 e. The van der Waals surface area contributed by atoms with Crippen molar-refractivity contribution in [1.82, 2.24) is 19.6 Å². The van der Waals surface area contributed by atoms with Gasteiger partial charge >= 0.3 is 0 Å². The quantitative estimate of drug-likeness (QED) is 0.496. The second-order valence-corrected chi connectivity index (χ2v) is 8.48. The van der Waals surface area contributed by atoms with E-state index in [-0.39, 0.29) is 17.3 Å². The number of benzene rings is 2. The molecule has 0 N–H and O–H groups in total. The van der Waals surface area contributed by atoms with E-state index in [0.717, 1.165) is 11.3 Å². The first-order chi connectivity index (χ1) is 13.5. The van der Waals surface area contributed by atoms with E-state index in [9.17, 15) is 8.42 Å². The molecule has 9 heteroatoms. The number of rotatable bonds is 5. The summed E-state index contributed by atoms with van der Waals surface area (Å²) in [5, 5.41) is 8.97. The summed E-state index contributed by atoms with van der Waals surface area (Å²) in [6.45, 7) is 3.94. The summed E-state index contributed by atoms with van der Waals surface area (Å²) >= 11 is 5.91. The number of fused-ring (bicyclic) bond motifs is 3. The molecule has 0 atom stereocenters. The summed E-state index contributed by atoms with van der Waals surface area (Å²) < 4.78 is 29.8. The number of hydrogen-bond acceptors (Lipinski definition) is 5. The molecule has 0 radical (unpaired) electrons. The number of aromatic nitrogens is 4. The van der Waals surface area contributed by atoms with Crippen LogP contribution in [0.5, 0.6) is 0 Å². The number of halogens is 1. The Balaban J connectivity index is 2.00. The van der Waals surface area contributed by atoms with E-state index in [1.54, 1.807) is 19.1 Å². The summed E-state index contributed by atoms with van der Waals surface area (Å²) in [5.41, 5.74) is 1.92. The van der Waals surface area contributed by atoms with Gasteiger partial charge in [0.1, 0.15) is 5.82 Å². The molecule has 28 heavy (non-hydrogen) atoms. The number of anilines is 1. The molecule has 0 fully saturated rings. The van der Waals surface area contributed by atoms with Crippen molar-refractivity contribution < 1.29 is 8.42 Å². The average Bonchev–Trinajstić information content (AvgIpc) is 3.13. The summed E-state index contributed by atoms with van der Waals surface area (Å²) in [6, 6.07) is 13.6. The third-order valence-electron chi connectivity index (χ3n) is 4.52. The van der Waals surface area contributed by atoms with Crippen LogP contribution in [0, 0.1) is 0 Å². The van der Waals surface area contributed by atoms with Crippen molar-refractivity contribution in [2.45, 2.75) is 25.2 Å². The minimum Gasteiger partial charge on any atom is -0.274 e. The van der Waals surface area contributed by atoms with E-state index in [0.29, 0.717) is 22.6 Å². The monoisotopic (exact) mass is 415 g/mol. The molecule has 2 aromatic heterocycles. The van der Waals surface area contributed by atoms with Gasteiger partial charge in [-0.1, -0.05) is 30.7 Å². The molecule has 0 saturated heterocycles. The van der Waals surface area contributed by atoms with Crippen LogP contribution >= 0.6 is 11.6 Å². The standard InChI is InChI=1S/C19H18ClN5O2S/c1-3-17-22-23-19-18(21-15-7-5-6-8-16(15)25(17)19)24(4-2)28(26,27)14-11-9-13(20)10-12-14/h5-12H,3-4H2,1-2H3. The number of para-hydroxylation sites is 2. The van der Waals surface area contributed by atoms with Gasteiger partial charge in [-0.3, -0.25) is 4.40 Å². The number of nitrogens with zero attached hydrogens (tertiary/aromatic N) is 5. The molecule has 0 saturated carbocycles. The van der Waals surface area contributed by atoms with Crippen LogP contribution in [0.25, 0.3) is 16.7 Å².